The highest BCUT2D eigenvalue weighted by Crippen LogP contribution is 2.18. The molecule has 2 heterocycles. The summed E-state index contributed by atoms with van der Waals surface area (Å²) in [6.45, 7) is 2.77. The van der Waals surface area contributed by atoms with Crippen LogP contribution in [0.1, 0.15) is 31.2 Å². The largest absolute Gasteiger partial charge is 0.342 e. The van der Waals surface area contributed by atoms with E-state index < -0.39 is 0 Å². The van der Waals surface area contributed by atoms with Crippen molar-refractivity contribution in [3.63, 3.8) is 0 Å². The highest BCUT2D eigenvalue weighted by molar-refractivity contribution is 5.85. The van der Waals surface area contributed by atoms with E-state index in [1.807, 2.05) is 30.1 Å². The molecule has 25 heavy (non-hydrogen) atoms. The van der Waals surface area contributed by atoms with Gasteiger partial charge in [0.05, 0.1) is 11.0 Å². The van der Waals surface area contributed by atoms with Crippen molar-refractivity contribution in [1.82, 2.24) is 20.2 Å². The van der Waals surface area contributed by atoms with E-state index in [0.717, 1.165) is 55.5 Å². The van der Waals surface area contributed by atoms with Crippen molar-refractivity contribution in [3.05, 3.63) is 34.2 Å². The molecule has 1 aromatic heterocycles. The summed E-state index contributed by atoms with van der Waals surface area (Å²) in [5, 5.41) is 3.21. The molecule has 7 heteroatoms. The third-order valence-corrected chi connectivity index (χ3v) is 4.80. The van der Waals surface area contributed by atoms with E-state index in [1.54, 1.807) is 0 Å². The third kappa shape index (κ3) is 5.09. The van der Waals surface area contributed by atoms with Gasteiger partial charge in [0.15, 0.2) is 0 Å². The van der Waals surface area contributed by atoms with Crippen LogP contribution in [0.5, 0.6) is 0 Å². The van der Waals surface area contributed by atoms with Crippen LogP contribution in [-0.4, -0.2) is 47.5 Å². The van der Waals surface area contributed by atoms with Gasteiger partial charge in [-0.3, -0.25) is 4.79 Å². The molecule has 0 saturated carbocycles. The number of imidazole rings is 1. The lowest BCUT2D eigenvalue weighted by Gasteiger charge is -2.32. The molecule has 138 valence electrons. The molecule has 1 aliphatic rings. The number of piperidine rings is 1. The lowest BCUT2D eigenvalue weighted by Crippen LogP contribution is -2.42. The Morgan fingerprint density at radius 2 is 2.12 bits per heavy atom. The highest BCUT2D eigenvalue weighted by atomic mass is 35.5. The number of amides is 1. The van der Waals surface area contributed by atoms with Crippen molar-refractivity contribution < 1.29 is 4.79 Å². The van der Waals surface area contributed by atoms with Crippen LogP contribution in [0.15, 0.2) is 23.0 Å². The number of aromatic nitrogens is 2. The number of H-pyrrole nitrogens is 2. The van der Waals surface area contributed by atoms with Gasteiger partial charge in [-0.2, -0.15) is 0 Å². The quantitative estimate of drug-likeness (QED) is 0.732. The van der Waals surface area contributed by atoms with Crippen molar-refractivity contribution in [2.75, 3.05) is 26.7 Å². The summed E-state index contributed by atoms with van der Waals surface area (Å²) in [4.78, 5) is 31.2. The van der Waals surface area contributed by atoms with E-state index in [1.165, 1.54) is 6.42 Å². The first-order valence-electron chi connectivity index (χ1n) is 8.79. The monoisotopic (exact) mass is 366 g/mol. The molecule has 1 amide bonds. The minimum Gasteiger partial charge on any atom is -0.342 e. The zero-order valence-corrected chi connectivity index (χ0v) is 15.5. The van der Waals surface area contributed by atoms with E-state index in [2.05, 4.69) is 15.3 Å². The molecule has 0 bridgehead atoms. The predicted molar refractivity (Wildman–Crippen MR) is 102 cm³/mol. The summed E-state index contributed by atoms with van der Waals surface area (Å²) in [6.07, 6.45) is 4.60. The van der Waals surface area contributed by atoms with Crippen molar-refractivity contribution in [2.45, 2.75) is 32.1 Å². The molecule has 1 aliphatic heterocycles. The predicted octanol–water partition coefficient (Wildman–Crippen LogP) is 2.06. The first-order chi connectivity index (χ1) is 11.7. The highest BCUT2D eigenvalue weighted by Gasteiger charge is 2.22. The summed E-state index contributed by atoms with van der Waals surface area (Å²) in [5.41, 5.74) is 2.62. The van der Waals surface area contributed by atoms with Gasteiger partial charge in [0.25, 0.3) is 0 Å². The van der Waals surface area contributed by atoms with Crippen molar-refractivity contribution >= 4 is 29.3 Å². The Morgan fingerprint density at radius 3 is 2.92 bits per heavy atom. The smallest absolute Gasteiger partial charge is 0.323 e. The number of nitrogens with one attached hydrogen (secondary N) is 3. The number of nitrogens with zero attached hydrogens (tertiary/aromatic N) is 1. The molecule has 1 aromatic carbocycles. The summed E-state index contributed by atoms with van der Waals surface area (Å²) in [6, 6.07) is 5.92. The fourth-order valence-corrected chi connectivity index (χ4v) is 3.58. The zero-order chi connectivity index (χ0) is 16.9. The van der Waals surface area contributed by atoms with Crippen molar-refractivity contribution in [1.29, 1.82) is 0 Å². The summed E-state index contributed by atoms with van der Waals surface area (Å²) in [7, 11) is 1.97. The average Bonchev–Trinajstić information content (AvgIpc) is 2.94. The molecule has 1 unspecified atom stereocenters. The van der Waals surface area contributed by atoms with Gasteiger partial charge in [-0.05, 0) is 62.9 Å². The van der Waals surface area contributed by atoms with Gasteiger partial charge >= 0.3 is 5.69 Å². The topological polar surface area (TPSA) is 81.0 Å². The summed E-state index contributed by atoms with van der Waals surface area (Å²) in [5.74, 6) is 0.854. The van der Waals surface area contributed by atoms with Crippen LogP contribution >= 0.6 is 12.4 Å². The molecule has 6 nitrogen and oxygen atoms in total. The number of aryl methyl sites for hydroxylation is 1. The summed E-state index contributed by atoms with van der Waals surface area (Å²) < 4.78 is 0. The Balaban J connectivity index is 0.00000225. The molecule has 0 radical (unpaired) electrons. The van der Waals surface area contributed by atoms with E-state index in [9.17, 15) is 9.59 Å². The molecular formula is C18H27ClN4O2. The van der Waals surface area contributed by atoms with E-state index in [0.29, 0.717) is 12.3 Å². The maximum absolute atomic E-state index is 12.4. The maximum atomic E-state index is 12.4. The van der Waals surface area contributed by atoms with Crippen LogP contribution in [0.2, 0.25) is 0 Å². The van der Waals surface area contributed by atoms with Gasteiger partial charge in [-0.1, -0.05) is 6.07 Å². The Morgan fingerprint density at radius 1 is 1.32 bits per heavy atom. The van der Waals surface area contributed by atoms with Crippen molar-refractivity contribution in [3.8, 4) is 0 Å². The van der Waals surface area contributed by atoms with Crippen LogP contribution in [0, 0.1) is 5.92 Å². The number of benzene rings is 1. The van der Waals surface area contributed by atoms with Crippen LogP contribution < -0.4 is 11.0 Å². The number of halogens is 1. The second-order valence-corrected chi connectivity index (χ2v) is 6.72. The fourth-order valence-electron chi connectivity index (χ4n) is 3.58. The van der Waals surface area contributed by atoms with Gasteiger partial charge in [-0.25, -0.2) is 4.79 Å². The Bertz CT molecular complexity index is 753. The number of likely N-dealkylation sites (tertiary alicyclic amines) is 1. The summed E-state index contributed by atoms with van der Waals surface area (Å²) >= 11 is 0. The van der Waals surface area contributed by atoms with Crippen LogP contribution in [-0.2, 0) is 11.2 Å². The average molecular weight is 367 g/mol. The van der Waals surface area contributed by atoms with E-state index in [4.69, 9.17) is 0 Å². The number of hydrogen-bond acceptors (Lipinski definition) is 3. The number of rotatable bonds is 6. The number of fused-ring (bicyclic) bond motifs is 1. The second-order valence-electron chi connectivity index (χ2n) is 6.72. The lowest BCUT2D eigenvalue weighted by atomic mass is 9.97. The zero-order valence-electron chi connectivity index (χ0n) is 14.6. The van der Waals surface area contributed by atoms with E-state index in [-0.39, 0.29) is 24.0 Å². The maximum Gasteiger partial charge on any atom is 0.323 e. The SMILES string of the molecule is CNCC1CCCN(C(=O)CCCc2ccc3[nH]c(=O)[nH]c3c2)C1.Cl. The molecule has 0 aliphatic carbocycles. The molecule has 1 fully saturated rings. The molecule has 1 atom stereocenters. The number of carbonyl (C=O) groups is 1. The van der Waals surface area contributed by atoms with Crippen LogP contribution in [0.25, 0.3) is 11.0 Å². The van der Waals surface area contributed by atoms with Crippen LogP contribution in [0.4, 0.5) is 0 Å². The second kappa shape index (κ2) is 9.06. The number of aromatic amines is 2. The first-order valence-corrected chi connectivity index (χ1v) is 8.79. The fraction of sp³-hybridized carbons (Fsp3) is 0.556. The normalized spacial score (nSPS) is 17.5. The van der Waals surface area contributed by atoms with Crippen molar-refractivity contribution in [2.24, 2.45) is 5.92 Å². The van der Waals surface area contributed by atoms with Gasteiger partial charge < -0.3 is 20.2 Å². The third-order valence-electron chi connectivity index (χ3n) is 4.80. The van der Waals surface area contributed by atoms with Gasteiger partial charge in [0.2, 0.25) is 5.91 Å². The Kier molecular flexibility index (Phi) is 7.08. The lowest BCUT2D eigenvalue weighted by molar-refractivity contribution is -0.133. The molecule has 3 rings (SSSR count). The van der Waals surface area contributed by atoms with Gasteiger partial charge in [0, 0.05) is 19.5 Å². The molecule has 0 spiro atoms. The Labute approximate surface area is 153 Å². The Hall–Kier alpha value is -1.79. The van der Waals surface area contributed by atoms with E-state index >= 15 is 0 Å². The first kappa shape index (κ1) is 19.5. The minimum absolute atomic E-state index is 0. The number of hydrogen-bond donors (Lipinski definition) is 3. The van der Waals surface area contributed by atoms with Crippen LogP contribution in [0.3, 0.4) is 0 Å². The molecular weight excluding hydrogens is 340 g/mol. The van der Waals surface area contributed by atoms with Gasteiger partial charge in [-0.15, -0.1) is 12.4 Å². The standard InChI is InChI=1S/C18H26N4O2.ClH/c1-19-11-14-5-3-9-22(12-14)17(23)6-2-4-13-7-8-15-16(10-13)21-18(24)20-15;/h7-8,10,14,19H,2-6,9,11-12H2,1H3,(H2,20,21,24);1H. The molecule has 1 saturated heterocycles. The minimum atomic E-state index is -0.182. The number of carbonyl (C=O) groups excluding carboxylic acids is 1. The molecule has 3 N–H and O–H groups in total. The molecule has 2 aromatic rings. The van der Waals surface area contributed by atoms with Gasteiger partial charge in [0.1, 0.15) is 0 Å².